The molecule has 3 aromatic rings. The Morgan fingerprint density at radius 1 is 1.25 bits per heavy atom. The van der Waals surface area contributed by atoms with Crippen molar-refractivity contribution in [2.45, 2.75) is 13.8 Å². The lowest BCUT2D eigenvalue weighted by molar-refractivity contribution is 0.0696. The molecule has 0 radical (unpaired) electrons. The van der Waals surface area contributed by atoms with Gasteiger partial charge in [-0.15, -0.1) is 0 Å². The third kappa shape index (κ3) is 3.72. The number of carbonyl (C=O) groups excluding carboxylic acids is 1. The molecule has 1 N–H and O–H groups in total. The third-order valence-corrected chi connectivity index (χ3v) is 4.26. The largest absolute Gasteiger partial charge is 0.478 e. The van der Waals surface area contributed by atoms with Crippen molar-refractivity contribution >= 4 is 29.6 Å². The van der Waals surface area contributed by atoms with Crippen LogP contribution in [0.1, 0.15) is 32.3 Å². The average molecular weight is 396 g/mol. The molecule has 3 rings (SSSR count). The van der Waals surface area contributed by atoms with Crippen molar-refractivity contribution in [3.05, 3.63) is 69.7 Å². The maximum absolute atomic E-state index is 12.5. The van der Waals surface area contributed by atoms with Gasteiger partial charge in [-0.25, -0.2) is 9.48 Å². The van der Waals surface area contributed by atoms with Crippen LogP contribution in [0.3, 0.4) is 0 Å². The number of aromatic nitrogens is 2. The Morgan fingerprint density at radius 3 is 2.57 bits per heavy atom. The van der Waals surface area contributed by atoms with E-state index >= 15 is 0 Å². The number of nitrogens with zero attached hydrogens (tertiary/aromatic N) is 3. The SMILES string of the molecule is Cc1cc(C)n(C(=O)/C(C#N)=C/c2ccc(-c3ccc(C(=O)O)c(Cl)c3)o2)n1. The molecule has 0 aliphatic rings. The summed E-state index contributed by atoms with van der Waals surface area (Å²) in [5.41, 5.74) is 1.71. The molecule has 0 amide bonds. The molecule has 8 heteroatoms. The van der Waals surface area contributed by atoms with E-state index in [1.165, 1.54) is 22.9 Å². The molecule has 0 unspecified atom stereocenters. The second kappa shape index (κ2) is 7.55. The quantitative estimate of drug-likeness (QED) is 0.519. The lowest BCUT2D eigenvalue weighted by Gasteiger charge is -2.02. The van der Waals surface area contributed by atoms with Gasteiger partial charge in [0, 0.05) is 17.3 Å². The van der Waals surface area contributed by atoms with Gasteiger partial charge in [0.05, 0.1) is 16.3 Å². The first-order valence-electron chi connectivity index (χ1n) is 8.13. The van der Waals surface area contributed by atoms with E-state index in [4.69, 9.17) is 21.1 Å². The zero-order valence-corrected chi connectivity index (χ0v) is 15.7. The van der Waals surface area contributed by atoms with Crippen LogP contribution >= 0.6 is 11.6 Å². The van der Waals surface area contributed by atoms with Crippen LogP contribution < -0.4 is 0 Å². The fourth-order valence-corrected chi connectivity index (χ4v) is 2.92. The highest BCUT2D eigenvalue weighted by atomic mass is 35.5. The van der Waals surface area contributed by atoms with E-state index in [-0.39, 0.29) is 16.2 Å². The molecule has 2 aromatic heterocycles. The van der Waals surface area contributed by atoms with E-state index < -0.39 is 11.9 Å². The van der Waals surface area contributed by atoms with Crippen LogP contribution in [-0.2, 0) is 0 Å². The number of benzene rings is 1. The Hall–Kier alpha value is -3.63. The molecule has 0 atom stereocenters. The fourth-order valence-electron chi connectivity index (χ4n) is 2.66. The van der Waals surface area contributed by atoms with E-state index in [0.717, 1.165) is 0 Å². The predicted molar refractivity (Wildman–Crippen MR) is 102 cm³/mol. The van der Waals surface area contributed by atoms with Crippen LogP contribution in [0, 0.1) is 25.2 Å². The second-order valence-corrected chi connectivity index (χ2v) is 6.42. The van der Waals surface area contributed by atoms with E-state index in [9.17, 15) is 14.9 Å². The number of carboxylic acids is 1. The highest BCUT2D eigenvalue weighted by Gasteiger charge is 2.17. The molecule has 7 nitrogen and oxygen atoms in total. The summed E-state index contributed by atoms with van der Waals surface area (Å²) in [5.74, 6) is -0.971. The monoisotopic (exact) mass is 395 g/mol. The first-order chi connectivity index (χ1) is 13.3. The summed E-state index contributed by atoms with van der Waals surface area (Å²) in [6, 6.07) is 11.3. The standard InChI is InChI=1S/C20H14ClN3O4/c1-11-7-12(2)24(23-11)19(25)14(10-22)8-15-4-6-18(28-15)13-3-5-16(20(26)27)17(21)9-13/h3-9H,1-2H3,(H,26,27)/b14-8+. The molecule has 0 saturated carbocycles. The molecule has 1 aromatic carbocycles. The predicted octanol–water partition coefficient (Wildman–Crippen LogP) is 4.36. The molecule has 140 valence electrons. The first-order valence-corrected chi connectivity index (χ1v) is 8.50. The summed E-state index contributed by atoms with van der Waals surface area (Å²) in [4.78, 5) is 23.6. The normalized spacial score (nSPS) is 11.3. The van der Waals surface area contributed by atoms with E-state index in [1.54, 1.807) is 38.1 Å². The van der Waals surface area contributed by atoms with Gasteiger partial charge in [0.25, 0.3) is 5.91 Å². The Morgan fingerprint density at radius 2 is 2.00 bits per heavy atom. The molecule has 0 aliphatic heterocycles. The van der Waals surface area contributed by atoms with Crippen molar-refractivity contribution in [1.29, 1.82) is 5.26 Å². The lowest BCUT2D eigenvalue weighted by Crippen LogP contribution is -2.15. The summed E-state index contributed by atoms with van der Waals surface area (Å²) in [6.07, 6.45) is 1.33. The van der Waals surface area contributed by atoms with Gasteiger partial charge in [0.1, 0.15) is 23.2 Å². The number of carboxylic acid groups (broad SMARTS) is 1. The number of rotatable bonds is 4. The maximum atomic E-state index is 12.5. The smallest absolute Gasteiger partial charge is 0.337 e. The number of carbonyl (C=O) groups is 2. The average Bonchev–Trinajstić information content (AvgIpc) is 3.24. The van der Waals surface area contributed by atoms with Crippen LogP contribution in [0.5, 0.6) is 0 Å². The van der Waals surface area contributed by atoms with Crippen LogP contribution in [0.25, 0.3) is 17.4 Å². The van der Waals surface area contributed by atoms with Crippen molar-refractivity contribution in [1.82, 2.24) is 9.78 Å². The Bertz CT molecular complexity index is 1160. The summed E-state index contributed by atoms with van der Waals surface area (Å²) in [7, 11) is 0. The topological polar surface area (TPSA) is 109 Å². The number of halogens is 1. The van der Waals surface area contributed by atoms with Crippen molar-refractivity contribution in [3.63, 3.8) is 0 Å². The van der Waals surface area contributed by atoms with Gasteiger partial charge in [-0.05, 0) is 44.2 Å². The number of furan rings is 1. The van der Waals surface area contributed by atoms with E-state index in [0.29, 0.717) is 28.5 Å². The summed E-state index contributed by atoms with van der Waals surface area (Å²) >= 11 is 5.98. The minimum Gasteiger partial charge on any atom is -0.478 e. The minimum atomic E-state index is -1.12. The van der Waals surface area contributed by atoms with E-state index in [2.05, 4.69) is 5.10 Å². The Balaban J connectivity index is 1.91. The van der Waals surface area contributed by atoms with Gasteiger partial charge in [-0.2, -0.15) is 10.4 Å². The zero-order chi connectivity index (χ0) is 20.4. The molecular formula is C20H14ClN3O4. The number of hydrogen-bond acceptors (Lipinski definition) is 5. The van der Waals surface area contributed by atoms with Crippen LogP contribution in [0.2, 0.25) is 5.02 Å². The highest BCUT2D eigenvalue weighted by Crippen LogP contribution is 2.28. The lowest BCUT2D eigenvalue weighted by atomic mass is 10.1. The highest BCUT2D eigenvalue weighted by molar-refractivity contribution is 6.33. The molecular weight excluding hydrogens is 382 g/mol. The molecule has 0 spiro atoms. The fraction of sp³-hybridized carbons (Fsp3) is 0.100. The Labute approximate surface area is 165 Å². The third-order valence-electron chi connectivity index (χ3n) is 3.95. The Kier molecular flexibility index (Phi) is 5.16. The number of hydrogen-bond donors (Lipinski definition) is 1. The zero-order valence-electron chi connectivity index (χ0n) is 14.9. The van der Waals surface area contributed by atoms with Gasteiger partial charge in [0.15, 0.2) is 0 Å². The van der Waals surface area contributed by atoms with Crippen LogP contribution in [0.15, 0.2) is 46.4 Å². The molecule has 0 saturated heterocycles. The number of aromatic carboxylic acids is 1. The first kappa shape index (κ1) is 19.1. The van der Waals surface area contributed by atoms with Crippen LogP contribution in [0.4, 0.5) is 0 Å². The minimum absolute atomic E-state index is 0.0145. The second-order valence-electron chi connectivity index (χ2n) is 6.02. The number of allylic oxidation sites excluding steroid dienone is 1. The van der Waals surface area contributed by atoms with Gasteiger partial charge >= 0.3 is 5.97 Å². The molecule has 28 heavy (non-hydrogen) atoms. The van der Waals surface area contributed by atoms with Gasteiger partial charge in [0.2, 0.25) is 0 Å². The van der Waals surface area contributed by atoms with Gasteiger partial charge in [-0.3, -0.25) is 4.79 Å². The maximum Gasteiger partial charge on any atom is 0.337 e. The van der Waals surface area contributed by atoms with E-state index in [1.807, 2.05) is 6.07 Å². The summed E-state index contributed by atoms with van der Waals surface area (Å²) in [6.45, 7) is 3.48. The van der Waals surface area contributed by atoms with Crippen molar-refractivity contribution in [3.8, 4) is 17.4 Å². The molecule has 0 bridgehead atoms. The van der Waals surface area contributed by atoms with Gasteiger partial charge < -0.3 is 9.52 Å². The molecule has 0 fully saturated rings. The molecule has 2 heterocycles. The van der Waals surface area contributed by atoms with Crippen molar-refractivity contribution < 1.29 is 19.1 Å². The van der Waals surface area contributed by atoms with Gasteiger partial charge in [-0.1, -0.05) is 17.7 Å². The summed E-state index contributed by atoms with van der Waals surface area (Å²) < 4.78 is 6.83. The van der Waals surface area contributed by atoms with Crippen molar-refractivity contribution in [2.24, 2.45) is 0 Å². The van der Waals surface area contributed by atoms with Crippen molar-refractivity contribution in [2.75, 3.05) is 0 Å². The van der Waals surface area contributed by atoms with Crippen LogP contribution in [-0.4, -0.2) is 26.8 Å². The number of aryl methyl sites for hydroxylation is 2. The summed E-state index contributed by atoms with van der Waals surface area (Å²) in [5, 5.41) is 22.6. The number of nitriles is 1. The molecule has 0 aliphatic carbocycles.